The largest absolute Gasteiger partial charge is 0.320 e. The molecule has 0 unspecified atom stereocenters. The first-order valence-electron chi connectivity index (χ1n) is 6.31. The Hall–Kier alpha value is -2.21. The highest BCUT2D eigenvalue weighted by Gasteiger charge is 2.26. The molecule has 0 spiro atoms. The van der Waals surface area contributed by atoms with Crippen LogP contribution in [0, 0.1) is 0 Å². The van der Waals surface area contributed by atoms with E-state index in [1.54, 1.807) is 12.1 Å². The lowest BCUT2D eigenvalue weighted by molar-refractivity contribution is -0.135. The lowest BCUT2D eigenvalue weighted by atomic mass is 10.1. The van der Waals surface area contributed by atoms with Crippen molar-refractivity contribution in [2.45, 2.75) is 6.54 Å². The van der Waals surface area contributed by atoms with Crippen LogP contribution in [0.25, 0.3) is 0 Å². The Balaban J connectivity index is 2.09. The zero-order chi connectivity index (χ0) is 14.7. The van der Waals surface area contributed by atoms with Crippen molar-refractivity contribution in [2.24, 2.45) is 0 Å². The first-order chi connectivity index (χ1) is 9.45. The number of imide groups is 1. The van der Waals surface area contributed by atoms with Gasteiger partial charge in [-0.2, -0.15) is 0 Å². The first kappa shape index (κ1) is 14.2. The normalized spacial score (nSPS) is 15.4. The van der Waals surface area contributed by atoms with Crippen molar-refractivity contribution in [3.63, 3.8) is 0 Å². The van der Waals surface area contributed by atoms with E-state index in [-0.39, 0.29) is 19.0 Å². The summed E-state index contributed by atoms with van der Waals surface area (Å²) in [5, 5.41) is 2.17. The van der Waals surface area contributed by atoms with Crippen molar-refractivity contribution in [3.05, 3.63) is 35.4 Å². The molecule has 1 heterocycles. The molecular formula is C14H17N3O3. The molecule has 3 amide bonds. The maximum atomic E-state index is 12.2. The van der Waals surface area contributed by atoms with Crippen LogP contribution in [0.3, 0.4) is 0 Å². The van der Waals surface area contributed by atoms with Crippen LogP contribution in [-0.2, 0) is 16.1 Å². The minimum Gasteiger partial charge on any atom is -0.320 e. The van der Waals surface area contributed by atoms with E-state index in [9.17, 15) is 14.4 Å². The molecule has 1 N–H and O–H groups in total. The Morgan fingerprint density at radius 2 is 1.70 bits per heavy atom. The van der Waals surface area contributed by atoms with Gasteiger partial charge in [0.1, 0.15) is 13.1 Å². The SMILES string of the molecule is CN(C)Cc1ccc(C(=O)N2CC(=O)NC(=O)C2)cc1. The van der Waals surface area contributed by atoms with Crippen molar-refractivity contribution in [1.82, 2.24) is 15.1 Å². The lowest BCUT2D eigenvalue weighted by Crippen LogP contribution is -2.53. The summed E-state index contributed by atoms with van der Waals surface area (Å²) in [6.07, 6.45) is 0. The fraction of sp³-hybridized carbons (Fsp3) is 0.357. The molecule has 20 heavy (non-hydrogen) atoms. The summed E-state index contributed by atoms with van der Waals surface area (Å²) in [6.45, 7) is 0.632. The smallest absolute Gasteiger partial charge is 0.254 e. The third-order valence-electron chi connectivity index (χ3n) is 2.93. The van der Waals surface area contributed by atoms with Gasteiger partial charge in [0.15, 0.2) is 0 Å². The first-order valence-corrected chi connectivity index (χ1v) is 6.31. The Kier molecular flexibility index (Phi) is 4.14. The summed E-state index contributed by atoms with van der Waals surface area (Å²) < 4.78 is 0. The molecular weight excluding hydrogens is 258 g/mol. The Morgan fingerprint density at radius 1 is 1.15 bits per heavy atom. The minimum absolute atomic E-state index is 0.0793. The third kappa shape index (κ3) is 3.42. The molecule has 1 saturated heterocycles. The van der Waals surface area contributed by atoms with Crippen LogP contribution in [-0.4, -0.2) is 54.7 Å². The van der Waals surface area contributed by atoms with Gasteiger partial charge in [-0.25, -0.2) is 0 Å². The summed E-state index contributed by atoms with van der Waals surface area (Å²) in [5.74, 6) is -1.19. The second-order valence-electron chi connectivity index (χ2n) is 5.07. The van der Waals surface area contributed by atoms with Crippen molar-refractivity contribution in [1.29, 1.82) is 0 Å². The van der Waals surface area contributed by atoms with E-state index in [0.717, 1.165) is 12.1 Å². The number of hydrogen-bond donors (Lipinski definition) is 1. The molecule has 1 aromatic carbocycles. The molecule has 1 fully saturated rings. The van der Waals surface area contributed by atoms with Gasteiger partial charge < -0.3 is 9.80 Å². The summed E-state index contributed by atoms with van der Waals surface area (Å²) in [7, 11) is 3.94. The Morgan fingerprint density at radius 3 is 2.20 bits per heavy atom. The molecule has 106 valence electrons. The maximum absolute atomic E-state index is 12.2. The molecule has 0 aliphatic carbocycles. The number of piperazine rings is 1. The van der Waals surface area contributed by atoms with Crippen LogP contribution in [0.4, 0.5) is 0 Å². The van der Waals surface area contributed by atoms with Crippen LogP contribution in [0.1, 0.15) is 15.9 Å². The molecule has 6 nitrogen and oxygen atoms in total. The highest BCUT2D eigenvalue weighted by molar-refractivity contribution is 6.05. The monoisotopic (exact) mass is 275 g/mol. The van der Waals surface area contributed by atoms with Gasteiger partial charge >= 0.3 is 0 Å². The van der Waals surface area contributed by atoms with Crippen molar-refractivity contribution < 1.29 is 14.4 Å². The van der Waals surface area contributed by atoms with Gasteiger partial charge in [-0.05, 0) is 31.8 Å². The van der Waals surface area contributed by atoms with E-state index in [0.29, 0.717) is 5.56 Å². The molecule has 0 radical (unpaired) electrons. The fourth-order valence-electron chi connectivity index (χ4n) is 2.08. The van der Waals surface area contributed by atoms with E-state index >= 15 is 0 Å². The standard InChI is InChI=1S/C14H17N3O3/c1-16(2)7-10-3-5-11(6-4-10)14(20)17-8-12(18)15-13(19)9-17/h3-6H,7-9H2,1-2H3,(H,15,18,19). The summed E-state index contributed by atoms with van der Waals surface area (Å²) in [6, 6.07) is 7.19. The van der Waals surface area contributed by atoms with Crippen LogP contribution >= 0.6 is 0 Å². The van der Waals surface area contributed by atoms with Gasteiger partial charge in [0, 0.05) is 12.1 Å². The molecule has 6 heteroatoms. The Bertz CT molecular complexity index is 521. The van der Waals surface area contributed by atoms with Crippen LogP contribution < -0.4 is 5.32 Å². The van der Waals surface area contributed by atoms with E-state index in [1.807, 2.05) is 31.1 Å². The average molecular weight is 275 g/mol. The predicted molar refractivity (Wildman–Crippen MR) is 72.9 cm³/mol. The van der Waals surface area contributed by atoms with Gasteiger partial charge in [0.2, 0.25) is 11.8 Å². The number of nitrogens with zero attached hydrogens (tertiary/aromatic N) is 2. The number of carbonyl (C=O) groups excluding carboxylic acids is 3. The zero-order valence-electron chi connectivity index (χ0n) is 11.5. The third-order valence-corrected chi connectivity index (χ3v) is 2.93. The molecule has 0 atom stereocenters. The molecule has 1 aliphatic rings. The van der Waals surface area contributed by atoms with Gasteiger partial charge in [0.05, 0.1) is 0 Å². The molecule has 0 bridgehead atoms. The van der Waals surface area contributed by atoms with E-state index in [4.69, 9.17) is 0 Å². The predicted octanol–water partition coefficient (Wildman–Crippen LogP) is -0.153. The van der Waals surface area contributed by atoms with Crippen molar-refractivity contribution in [3.8, 4) is 0 Å². The Labute approximate surface area is 117 Å². The maximum Gasteiger partial charge on any atom is 0.254 e. The molecule has 0 aromatic heterocycles. The fourth-order valence-corrected chi connectivity index (χ4v) is 2.08. The van der Waals surface area contributed by atoms with E-state index in [2.05, 4.69) is 5.32 Å². The molecule has 0 saturated carbocycles. The van der Waals surface area contributed by atoms with Gasteiger partial charge in [-0.15, -0.1) is 0 Å². The van der Waals surface area contributed by atoms with Crippen molar-refractivity contribution in [2.75, 3.05) is 27.2 Å². The number of carbonyl (C=O) groups is 3. The quantitative estimate of drug-likeness (QED) is 0.779. The highest BCUT2D eigenvalue weighted by atomic mass is 16.2. The van der Waals surface area contributed by atoms with Gasteiger partial charge in [-0.3, -0.25) is 19.7 Å². The van der Waals surface area contributed by atoms with E-state index < -0.39 is 11.8 Å². The second-order valence-corrected chi connectivity index (χ2v) is 5.07. The summed E-state index contributed by atoms with van der Waals surface area (Å²) in [5.41, 5.74) is 1.58. The van der Waals surface area contributed by atoms with E-state index in [1.165, 1.54) is 4.90 Å². The summed E-state index contributed by atoms with van der Waals surface area (Å²) >= 11 is 0. The van der Waals surface area contributed by atoms with Crippen LogP contribution in [0.2, 0.25) is 0 Å². The van der Waals surface area contributed by atoms with Gasteiger partial charge in [0.25, 0.3) is 5.91 Å². The summed E-state index contributed by atoms with van der Waals surface area (Å²) in [4.78, 5) is 38.0. The topological polar surface area (TPSA) is 69.7 Å². The molecule has 1 aliphatic heterocycles. The molecule has 1 aromatic rings. The zero-order valence-corrected chi connectivity index (χ0v) is 11.5. The number of amides is 3. The van der Waals surface area contributed by atoms with Crippen LogP contribution in [0.15, 0.2) is 24.3 Å². The number of nitrogens with one attached hydrogen (secondary N) is 1. The van der Waals surface area contributed by atoms with Gasteiger partial charge in [-0.1, -0.05) is 12.1 Å². The number of rotatable bonds is 3. The second kappa shape index (κ2) is 5.83. The van der Waals surface area contributed by atoms with Crippen molar-refractivity contribution >= 4 is 17.7 Å². The minimum atomic E-state index is -0.446. The number of hydrogen-bond acceptors (Lipinski definition) is 4. The lowest BCUT2D eigenvalue weighted by Gasteiger charge is -2.25. The number of benzene rings is 1. The van der Waals surface area contributed by atoms with Crippen LogP contribution in [0.5, 0.6) is 0 Å². The average Bonchev–Trinajstić information content (AvgIpc) is 2.37. The molecule has 2 rings (SSSR count). The highest BCUT2D eigenvalue weighted by Crippen LogP contribution is 2.10.